The zero-order valence-corrected chi connectivity index (χ0v) is 17.0. The molecular formula is C23H28N2O3. The largest absolute Gasteiger partial charge is 0.494 e. The Bertz CT molecular complexity index is 856. The minimum Gasteiger partial charge on any atom is -0.494 e. The molecule has 0 saturated heterocycles. The molecule has 0 radical (unpaired) electrons. The molecule has 1 atom stereocenters. The van der Waals surface area contributed by atoms with Gasteiger partial charge < -0.3 is 14.8 Å². The highest BCUT2D eigenvalue weighted by Gasteiger charge is 2.36. The molecule has 1 N–H and O–H groups in total. The molecule has 0 aliphatic carbocycles. The molecule has 0 saturated carbocycles. The van der Waals surface area contributed by atoms with Gasteiger partial charge in [-0.2, -0.15) is 0 Å². The van der Waals surface area contributed by atoms with Gasteiger partial charge in [-0.1, -0.05) is 25.5 Å². The number of nitrogens with zero attached hydrogens (tertiary/aromatic N) is 1. The fourth-order valence-corrected chi connectivity index (χ4v) is 3.44. The topological polar surface area (TPSA) is 60.5 Å². The molecule has 5 nitrogen and oxygen atoms in total. The molecule has 5 heteroatoms. The number of carbonyl (C=O) groups excluding carboxylic acids is 1. The normalized spacial score (nSPS) is 19.4. The standard InChI is InChI=1S/C23H28N2O3/c1-5-6-13-28-19-10-8-18(9-11-19)23(3)14-20(16(2)22(26)25-23)17-7-12-21(27-4)24-15-17/h7-12,15H,5-6,13-14H2,1-4H3,(H,25,26)/t23-/m0/s1. The first kappa shape index (κ1) is 19.9. The van der Waals surface area contributed by atoms with Gasteiger partial charge >= 0.3 is 0 Å². The summed E-state index contributed by atoms with van der Waals surface area (Å²) in [4.78, 5) is 17.0. The Morgan fingerprint density at radius 1 is 1.18 bits per heavy atom. The van der Waals surface area contributed by atoms with Gasteiger partial charge in [-0.15, -0.1) is 0 Å². The smallest absolute Gasteiger partial charge is 0.247 e. The minimum atomic E-state index is -0.492. The molecule has 1 aliphatic rings. The van der Waals surface area contributed by atoms with Gasteiger partial charge in [-0.25, -0.2) is 4.98 Å². The quantitative estimate of drug-likeness (QED) is 0.720. The highest BCUT2D eigenvalue weighted by atomic mass is 16.5. The van der Waals surface area contributed by atoms with Crippen molar-refractivity contribution < 1.29 is 14.3 Å². The maximum Gasteiger partial charge on any atom is 0.247 e. The fraction of sp³-hybridized carbons (Fsp3) is 0.391. The maximum absolute atomic E-state index is 12.7. The second kappa shape index (κ2) is 8.46. The summed E-state index contributed by atoms with van der Waals surface area (Å²) in [6, 6.07) is 11.8. The lowest BCUT2D eigenvalue weighted by atomic mass is 9.79. The summed E-state index contributed by atoms with van der Waals surface area (Å²) in [6.45, 7) is 6.78. The van der Waals surface area contributed by atoms with Gasteiger partial charge in [-0.05, 0) is 55.2 Å². The lowest BCUT2D eigenvalue weighted by Gasteiger charge is -2.37. The molecule has 0 fully saturated rings. The first-order valence-corrected chi connectivity index (χ1v) is 9.73. The predicted molar refractivity (Wildman–Crippen MR) is 110 cm³/mol. The molecule has 0 unspecified atom stereocenters. The Hall–Kier alpha value is -2.82. The zero-order chi connectivity index (χ0) is 20.1. The number of hydrogen-bond acceptors (Lipinski definition) is 4. The van der Waals surface area contributed by atoms with Crippen LogP contribution in [0.3, 0.4) is 0 Å². The Morgan fingerprint density at radius 3 is 2.54 bits per heavy atom. The number of benzene rings is 1. The Balaban J connectivity index is 1.85. The average molecular weight is 380 g/mol. The summed E-state index contributed by atoms with van der Waals surface area (Å²) in [5.41, 5.74) is 3.23. The molecule has 1 aromatic heterocycles. The average Bonchev–Trinajstić information content (AvgIpc) is 2.71. The number of unbranched alkanes of at least 4 members (excludes halogenated alkanes) is 1. The van der Waals surface area contributed by atoms with E-state index in [1.165, 1.54) is 0 Å². The molecule has 2 aromatic rings. The zero-order valence-electron chi connectivity index (χ0n) is 17.0. The predicted octanol–water partition coefficient (Wildman–Crippen LogP) is 4.48. The molecule has 1 aliphatic heterocycles. The number of methoxy groups -OCH3 is 1. The Labute approximate surface area is 166 Å². The Kier molecular flexibility index (Phi) is 6.02. The fourth-order valence-electron chi connectivity index (χ4n) is 3.44. The first-order chi connectivity index (χ1) is 13.5. The van der Waals surface area contributed by atoms with Gasteiger partial charge in [0, 0.05) is 24.3 Å². The second-order valence-corrected chi connectivity index (χ2v) is 7.38. The van der Waals surface area contributed by atoms with Crippen molar-refractivity contribution in [2.45, 2.75) is 45.6 Å². The number of amides is 1. The molecular weight excluding hydrogens is 352 g/mol. The van der Waals surface area contributed by atoms with Crippen LogP contribution in [0.25, 0.3) is 5.57 Å². The van der Waals surface area contributed by atoms with E-state index < -0.39 is 5.54 Å². The van der Waals surface area contributed by atoms with Crippen molar-refractivity contribution in [1.29, 1.82) is 0 Å². The molecule has 1 aromatic carbocycles. The van der Waals surface area contributed by atoms with Crippen molar-refractivity contribution in [2.24, 2.45) is 0 Å². The highest BCUT2D eigenvalue weighted by molar-refractivity contribution is 6.03. The van der Waals surface area contributed by atoms with Crippen molar-refractivity contribution in [2.75, 3.05) is 13.7 Å². The van der Waals surface area contributed by atoms with Crippen LogP contribution in [0.2, 0.25) is 0 Å². The van der Waals surface area contributed by atoms with Crippen molar-refractivity contribution in [3.63, 3.8) is 0 Å². The number of aromatic nitrogens is 1. The van der Waals surface area contributed by atoms with E-state index in [0.29, 0.717) is 12.3 Å². The number of hydrogen-bond donors (Lipinski definition) is 1. The van der Waals surface area contributed by atoms with Gasteiger partial charge in [0.1, 0.15) is 5.75 Å². The summed E-state index contributed by atoms with van der Waals surface area (Å²) in [5, 5.41) is 3.17. The van der Waals surface area contributed by atoms with Crippen LogP contribution in [-0.2, 0) is 10.3 Å². The van der Waals surface area contributed by atoms with Gasteiger partial charge in [0.05, 0.1) is 19.3 Å². The summed E-state index contributed by atoms with van der Waals surface area (Å²) < 4.78 is 10.9. The molecule has 1 amide bonds. The van der Waals surface area contributed by atoms with Crippen LogP contribution in [-0.4, -0.2) is 24.6 Å². The van der Waals surface area contributed by atoms with Gasteiger partial charge in [0.2, 0.25) is 11.8 Å². The van der Waals surface area contributed by atoms with E-state index in [1.807, 2.05) is 43.3 Å². The van der Waals surface area contributed by atoms with Crippen molar-refractivity contribution in [3.05, 3.63) is 59.3 Å². The van der Waals surface area contributed by atoms with Crippen LogP contribution in [0.15, 0.2) is 48.2 Å². The summed E-state index contributed by atoms with van der Waals surface area (Å²) >= 11 is 0. The number of ether oxygens (including phenoxy) is 2. The minimum absolute atomic E-state index is 0.0529. The summed E-state index contributed by atoms with van der Waals surface area (Å²) in [6.07, 6.45) is 4.60. The van der Waals surface area contributed by atoms with Crippen molar-refractivity contribution in [1.82, 2.24) is 10.3 Å². The molecule has 0 spiro atoms. The number of nitrogens with one attached hydrogen (secondary N) is 1. The van der Waals surface area contributed by atoms with Crippen molar-refractivity contribution >= 4 is 11.5 Å². The van der Waals surface area contributed by atoms with Crippen LogP contribution in [0.1, 0.15) is 51.2 Å². The van der Waals surface area contributed by atoms with Crippen LogP contribution in [0.5, 0.6) is 11.6 Å². The van der Waals surface area contributed by atoms with Crippen LogP contribution in [0, 0.1) is 0 Å². The van der Waals surface area contributed by atoms with Crippen LogP contribution >= 0.6 is 0 Å². The number of rotatable bonds is 7. The van der Waals surface area contributed by atoms with Gasteiger partial charge in [0.15, 0.2) is 0 Å². The van der Waals surface area contributed by atoms with E-state index in [2.05, 4.69) is 24.1 Å². The lowest BCUT2D eigenvalue weighted by molar-refractivity contribution is -0.119. The van der Waals surface area contributed by atoms with E-state index in [-0.39, 0.29) is 5.91 Å². The summed E-state index contributed by atoms with van der Waals surface area (Å²) in [7, 11) is 1.59. The molecule has 28 heavy (non-hydrogen) atoms. The molecule has 3 rings (SSSR count). The molecule has 0 bridgehead atoms. The van der Waals surface area contributed by atoms with E-state index in [0.717, 1.165) is 47.5 Å². The summed E-state index contributed by atoms with van der Waals surface area (Å²) in [5.74, 6) is 1.36. The third-order valence-electron chi connectivity index (χ3n) is 5.27. The lowest BCUT2D eigenvalue weighted by Crippen LogP contribution is -2.47. The number of carbonyl (C=O) groups is 1. The van der Waals surface area contributed by atoms with E-state index in [1.54, 1.807) is 13.3 Å². The second-order valence-electron chi connectivity index (χ2n) is 7.38. The van der Waals surface area contributed by atoms with Crippen LogP contribution in [0.4, 0.5) is 0 Å². The first-order valence-electron chi connectivity index (χ1n) is 9.73. The van der Waals surface area contributed by atoms with E-state index in [9.17, 15) is 4.79 Å². The maximum atomic E-state index is 12.7. The van der Waals surface area contributed by atoms with E-state index >= 15 is 0 Å². The monoisotopic (exact) mass is 380 g/mol. The third kappa shape index (κ3) is 4.19. The molecule has 2 heterocycles. The number of pyridine rings is 1. The van der Waals surface area contributed by atoms with Gasteiger partial charge in [0.25, 0.3) is 0 Å². The Morgan fingerprint density at radius 2 is 1.93 bits per heavy atom. The SMILES string of the molecule is CCCCOc1ccc([C@]2(C)CC(c3ccc(OC)nc3)=C(C)C(=O)N2)cc1. The third-order valence-corrected chi connectivity index (χ3v) is 5.27. The van der Waals surface area contributed by atoms with Crippen LogP contribution < -0.4 is 14.8 Å². The van der Waals surface area contributed by atoms with E-state index in [4.69, 9.17) is 9.47 Å². The van der Waals surface area contributed by atoms with Crippen molar-refractivity contribution in [3.8, 4) is 11.6 Å². The molecule has 148 valence electrons. The van der Waals surface area contributed by atoms with Gasteiger partial charge in [-0.3, -0.25) is 4.79 Å². The highest BCUT2D eigenvalue weighted by Crippen LogP contribution is 2.38.